The van der Waals surface area contributed by atoms with Crippen molar-refractivity contribution in [3.05, 3.63) is 42.4 Å². The van der Waals surface area contributed by atoms with Gasteiger partial charge in [0.25, 0.3) is 5.89 Å². The molecule has 0 radical (unpaired) electrons. The summed E-state index contributed by atoms with van der Waals surface area (Å²) in [6.07, 6.45) is 1.61. The van der Waals surface area contributed by atoms with Crippen LogP contribution in [0, 0.1) is 0 Å². The zero-order valence-electron chi connectivity index (χ0n) is 11.7. The van der Waals surface area contributed by atoms with E-state index in [1.807, 2.05) is 30.3 Å². The molecule has 2 aromatic heterocycles. The van der Waals surface area contributed by atoms with E-state index in [1.54, 1.807) is 6.20 Å². The van der Waals surface area contributed by atoms with Crippen LogP contribution in [0.15, 0.2) is 41.1 Å². The summed E-state index contributed by atoms with van der Waals surface area (Å²) in [5.74, 6) is 0.925. The van der Waals surface area contributed by atoms with E-state index in [0.717, 1.165) is 12.2 Å². The third-order valence-electron chi connectivity index (χ3n) is 3.37. The van der Waals surface area contributed by atoms with Crippen LogP contribution >= 0.6 is 0 Å². The van der Waals surface area contributed by atoms with E-state index in [1.165, 1.54) is 4.80 Å². The Morgan fingerprint density at radius 1 is 1.23 bits per heavy atom. The topological polar surface area (TPSA) is 90.9 Å². The molecule has 112 valence electrons. The Labute approximate surface area is 126 Å². The Morgan fingerprint density at radius 3 is 2.95 bits per heavy atom. The highest BCUT2D eigenvalue weighted by atomic mass is 16.5. The predicted octanol–water partition coefficient (Wildman–Crippen LogP) is 0.978. The molecule has 8 nitrogen and oxygen atoms in total. The maximum Gasteiger partial charge on any atom is 0.280 e. The Kier molecular flexibility index (Phi) is 3.37. The van der Waals surface area contributed by atoms with Crippen LogP contribution in [0.4, 0.5) is 0 Å². The third-order valence-corrected chi connectivity index (χ3v) is 3.37. The van der Waals surface area contributed by atoms with Gasteiger partial charge in [-0.1, -0.05) is 23.4 Å². The first-order valence-electron chi connectivity index (χ1n) is 7.03. The standard InChI is InChI=1S/C14H14N6O2/c1-2-4-10(5-3-1)20-16-8-11(18-20)14-17-13(19-22-14)12-9-21-7-6-15-12/h1-5,8,12,15H,6-7,9H2/t12-/m0/s1. The molecule has 4 rings (SSSR count). The lowest BCUT2D eigenvalue weighted by molar-refractivity contribution is 0.0734. The molecule has 1 N–H and O–H groups in total. The van der Waals surface area contributed by atoms with Crippen molar-refractivity contribution in [2.75, 3.05) is 19.8 Å². The van der Waals surface area contributed by atoms with Crippen LogP contribution in [-0.2, 0) is 4.74 Å². The Balaban J connectivity index is 1.58. The van der Waals surface area contributed by atoms with Gasteiger partial charge in [-0.25, -0.2) is 0 Å². The third kappa shape index (κ3) is 2.49. The quantitative estimate of drug-likeness (QED) is 0.770. The molecule has 8 heteroatoms. The molecule has 1 aromatic carbocycles. The largest absolute Gasteiger partial charge is 0.378 e. The second-order valence-corrected chi connectivity index (χ2v) is 4.89. The average molecular weight is 298 g/mol. The number of nitrogens with one attached hydrogen (secondary N) is 1. The number of ether oxygens (including phenoxy) is 1. The highest BCUT2D eigenvalue weighted by Gasteiger charge is 2.22. The Morgan fingerprint density at radius 2 is 2.14 bits per heavy atom. The summed E-state index contributed by atoms with van der Waals surface area (Å²) < 4.78 is 10.7. The maximum absolute atomic E-state index is 5.40. The van der Waals surface area contributed by atoms with Crippen molar-refractivity contribution in [2.24, 2.45) is 0 Å². The molecule has 0 bridgehead atoms. The van der Waals surface area contributed by atoms with Crippen molar-refractivity contribution >= 4 is 0 Å². The number of para-hydroxylation sites is 1. The number of nitrogens with zero attached hydrogens (tertiary/aromatic N) is 5. The number of morpholine rings is 1. The molecule has 1 aliphatic rings. The molecule has 3 heterocycles. The number of hydrogen-bond donors (Lipinski definition) is 1. The van der Waals surface area contributed by atoms with Crippen LogP contribution < -0.4 is 5.32 Å². The molecule has 22 heavy (non-hydrogen) atoms. The maximum atomic E-state index is 5.40. The van der Waals surface area contributed by atoms with Crippen molar-refractivity contribution in [3.8, 4) is 17.3 Å². The first-order valence-corrected chi connectivity index (χ1v) is 7.03. The SMILES string of the molecule is c1ccc(-n2ncc(-c3nc([C@@H]4COCCN4)no3)n2)cc1. The van der Waals surface area contributed by atoms with Gasteiger partial charge < -0.3 is 14.6 Å². The molecule has 0 saturated carbocycles. The van der Waals surface area contributed by atoms with Crippen molar-refractivity contribution in [3.63, 3.8) is 0 Å². The summed E-state index contributed by atoms with van der Waals surface area (Å²) in [6, 6.07) is 9.60. The lowest BCUT2D eigenvalue weighted by atomic mass is 10.2. The average Bonchev–Trinajstić information content (AvgIpc) is 3.26. The summed E-state index contributed by atoms with van der Waals surface area (Å²) in [5.41, 5.74) is 1.41. The number of benzene rings is 1. The first-order chi connectivity index (χ1) is 10.9. The predicted molar refractivity (Wildman–Crippen MR) is 76.2 cm³/mol. The van der Waals surface area contributed by atoms with Gasteiger partial charge in [0.2, 0.25) is 0 Å². The molecule has 1 fully saturated rings. The van der Waals surface area contributed by atoms with Gasteiger partial charge >= 0.3 is 0 Å². The van der Waals surface area contributed by atoms with Crippen LogP contribution in [0.25, 0.3) is 17.3 Å². The van der Waals surface area contributed by atoms with Gasteiger partial charge in [-0.05, 0) is 12.1 Å². The van der Waals surface area contributed by atoms with Gasteiger partial charge in [0.05, 0.1) is 31.1 Å². The monoisotopic (exact) mass is 298 g/mol. The smallest absolute Gasteiger partial charge is 0.280 e. The summed E-state index contributed by atoms with van der Waals surface area (Å²) in [7, 11) is 0. The van der Waals surface area contributed by atoms with E-state index >= 15 is 0 Å². The van der Waals surface area contributed by atoms with E-state index in [-0.39, 0.29) is 6.04 Å². The lowest BCUT2D eigenvalue weighted by Gasteiger charge is -2.20. The summed E-state index contributed by atoms with van der Waals surface area (Å²) in [4.78, 5) is 5.90. The van der Waals surface area contributed by atoms with Crippen molar-refractivity contribution < 1.29 is 9.26 Å². The molecule has 0 amide bonds. The normalized spacial score (nSPS) is 18.5. The minimum Gasteiger partial charge on any atom is -0.378 e. The van der Waals surface area contributed by atoms with Gasteiger partial charge in [-0.3, -0.25) is 0 Å². The van der Waals surface area contributed by atoms with Crippen LogP contribution in [0.3, 0.4) is 0 Å². The molecule has 1 atom stereocenters. The van der Waals surface area contributed by atoms with E-state index in [2.05, 4.69) is 25.7 Å². The fourth-order valence-electron chi connectivity index (χ4n) is 2.26. The molecule has 0 aliphatic carbocycles. The van der Waals surface area contributed by atoms with Crippen molar-refractivity contribution in [1.29, 1.82) is 0 Å². The molecule has 0 unspecified atom stereocenters. The van der Waals surface area contributed by atoms with Gasteiger partial charge in [0, 0.05) is 6.54 Å². The van der Waals surface area contributed by atoms with E-state index < -0.39 is 0 Å². The number of aromatic nitrogens is 5. The van der Waals surface area contributed by atoms with Crippen LogP contribution in [0.5, 0.6) is 0 Å². The zero-order valence-corrected chi connectivity index (χ0v) is 11.7. The molecular weight excluding hydrogens is 284 g/mol. The lowest BCUT2D eigenvalue weighted by Crippen LogP contribution is -2.35. The fraction of sp³-hybridized carbons (Fsp3) is 0.286. The fourth-order valence-corrected chi connectivity index (χ4v) is 2.26. The minimum atomic E-state index is -0.0459. The Hall–Kier alpha value is -2.58. The first kappa shape index (κ1) is 13.1. The Bertz CT molecular complexity index is 748. The highest BCUT2D eigenvalue weighted by molar-refractivity contribution is 5.44. The van der Waals surface area contributed by atoms with Crippen molar-refractivity contribution in [2.45, 2.75) is 6.04 Å². The van der Waals surface area contributed by atoms with Crippen molar-refractivity contribution in [1.82, 2.24) is 30.5 Å². The molecular formula is C14H14N6O2. The van der Waals surface area contributed by atoms with Crippen LogP contribution in [-0.4, -0.2) is 44.9 Å². The second-order valence-electron chi connectivity index (χ2n) is 4.89. The molecule has 3 aromatic rings. The molecule has 0 spiro atoms. The number of rotatable bonds is 3. The highest BCUT2D eigenvalue weighted by Crippen LogP contribution is 2.18. The van der Waals surface area contributed by atoms with E-state index in [4.69, 9.17) is 9.26 Å². The minimum absolute atomic E-state index is 0.0459. The van der Waals surface area contributed by atoms with Crippen LogP contribution in [0.1, 0.15) is 11.9 Å². The summed E-state index contributed by atoms with van der Waals surface area (Å²) >= 11 is 0. The van der Waals surface area contributed by atoms with E-state index in [0.29, 0.717) is 30.6 Å². The molecule has 1 aliphatic heterocycles. The van der Waals surface area contributed by atoms with Gasteiger partial charge in [0.15, 0.2) is 11.5 Å². The van der Waals surface area contributed by atoms with Gasteiger partial charge in [-0.15, -0.1) is 5.10 Å². The summed E-state index contributed by atoms with van der Waals surface area (Å²) in [6.45, 7) is 2.01. The number of hydrogen-bond acceptors (Lipinski definition) is 7. The zero-order chi connectivity index (χ0) is 14.8. The van der Waals surface area contributed by atoms with E-state index in [9.17, 15) is 0 Å². The second kappa shape index (κ2) is 5.66. The molecule has 1 saturated heterocycles. The van der Waals surface area contributed by atoms with Gasteiger partial charge in [-0.2, -0.15) is 14.9 Å². The van der Waals surface area contributed by atoms with Crippen LogP contribution in [0.2, 0.25) is 0 Å². The summed E-state index contributed by atoms with van der Waals surface area (Å²) in [5, 5.41) is 15.9. The van der Waals surface area contributed by atoms with Gasteiger partial charge in [0.1, 0.15) is 0 Å².